The monoisotopic (exact) mass is 452 g/mol. The highest BCUT2D eigenvalue weighted by Gasteiger charge is 2.30. The second kappa shape index (κ2) is 9.02. The fraction of sp³-hybridized carbons (Fsp3) is 0.450. The molecule has 0 N–H and O–H groups in total. The van der Waals surface area contributed by atoms with Crippen molar-refractivity contribution in [3.8, 4) is 17.1 Å². The average Bonchev–Trinajstić information content (AvgIpc) is 3.00. The Morgan fingerprint density at radius 3 is 2.40 bits per heavy atom. The second-order valence-corrected chi connectivity index (χ2v) is 9.74. The smallest absolute Gasteiger partial charge is 0.403 e. The Bertz CT molecular complexity index is 1070. The van der Waals surface area contributed by atoms with Gasteiger partial charge in [0.1, 0.15) is 23.4 Å². The number of imidazole rings is 1. The van der Waals surface area contributed by atoms with Gasteiger partial charge in [0.2, 0.25) is 0 Å². The number of nitrogens with zero attached hydrogens (tertiary/aromatic N) is 4. The first kappa shape index (κ1) is 22.7. The van der Waals surface area contributed by atoms with E-state index in [0.717, 1.165) is 0 Å². The van der Waals surface area contributed by atoms with E-state index in [9.17, 15) is 4.57 Å². The zero-order valence-corrected chi connectivity index (χ0v) is 19.4. The molecule has 3 rings (SSSR count). The molecule has 2 heterocycles. The Labute approximate surface area is 181 Å². The van der Waals surface area contributed by atoms with Gasteiger partial charge >= 0.3 is 7.82 Å². The maximum atomic E-state index is 13.0. The van der Waals surface area contributed by atoms with Crippen LogP contribution in [0.5, 0.6) is 5.75 Å². The summed E-state index contributed by atoms with van der Waals surface area (Å²) in [6, 6.07) is 7.17. The summed E-state index contributed by atoms with van der Waals surface area (Å²) in [5.41, 5.74) is 1.66. The molecule has 0 unspecified atom stereocenters. The lowest BCUT2D eigenvalue weighted by Gasteiger charge is -2.22. The van der Waals surface area contributed by atoms with Crippen molar-refractivity contribution in [2.75, 3.05) is 13.2 Å². The molecular formula is C20H26ClN4O4P. The third-order valence-corrected chi connectivity index (χ3v) is 5.88. The Kier molecular flexibility index (Phi) is 6.82. The van der Waals surface area contributed by atoms with Crippen LogP contribution in [0.15, 0.2) is 30.6 Å². The van der Waals surface area contributed by atoms with Crippen LogP contribution in [0, 0.1) is 5.41 Å². The minimum Gasteiger partial charge on any atom is -0.403 e. The van der Waals surface area contributed by atoms with E-state index in [1.54, 1.807) is 26.0 Å². The van der Waals surface area contributed by atoms with Crippen molar-refractivity contribution in [1.82, 2.24) is 19.5 Å². The van der Waals surface area contributed by atoms with Crippen LogP contribution >= 0.6 is 19.4 Å². The van der Waals surface area contributed by atoms with Gasteiger partial charge < -0.3 is 9.09 Å². The van der Waals surface area contributed by atoms with Gasteiger partial charge in [-0.15, -0.1) is 0 Å². The van der Waals surface area contributed by atoms with E-state index in [1.807, 2.05) is 16.7 Å². The fourth-order valence-electron chi connectivity index (χ4n) is 3.00. The number of hydrogen-bond acceptors (Lipinski definition) is 7. The Morgan fingerprint density at radius 2 is 1.77 bits per heavy atom. The molecule has 0 spiro atoms. The van der Waals surface area contributed by atoms with Crippen molar-refractivity contribution in [1.29, 1.82) is 0 Å². The van der Waals surface area contributed by atoms with Crippen LogP contribution in [0.4, 0.5) is 0 Å². The van der Waals surface area contributed by atoms with Gasteiger partial charge in [0.15, 0.2) is 10.8 Å². The van der Waals surface area contributed by atoms with Gasteiger partial charge in [0.25, 0.3) is 0 Å². The number of benzene rings is 1. The highest BCUT2D eigenvalue weighted by molar-refractivity contribution is 7.48. The number of fused-ring (bicyclic) bond motifs is 1. The van der Waals surface area contributed by atoms with E-state index >= 15 is 0 Å². The predicted octanol–water partition coefficient (Wildman–Crippen LogP) is 5.75. The molecule has 0 saturated carbocycles. The van der Waals surface area contributed by atoms with Gasteiger partial charge in [-0.2, -0.15) is 0 Å². The third-order valence-electron chi connectivity index (χ3n) is 4.03. The van der Waals surface area contributed by atoms with Gasteiger partial charge in [0, 0.05) is 6.54 Å². The normalized spacial score (nSPS) is 12.5. The van der Waals surface area contributed by atoms with Gasteiger partial charge in [-0.3, -0.25) is 9.05 Å². The Morgan fingerprint density at radius 1 is 1.10 bits per heavy atom. The second-order valence-electron chi connectivity index (χ2n) is 7.79. The number of para-hydroxylation sites is 1. The Hall–Kier alpha value is -1.99. The summed E-state index contributed by atoms with van der Waals surface area (Å²) in [6.45, 7) is 10.8. The molecule has 0 amide bonds. The van der Waals surface area contributed by atoms with Crippen LogP contribution in [-0.2, 0) is 20.2 Å². The van der Waals surface area contributed by atoms with Crippen LogP contribution in [-0.4, -0.2) is 32.7 Å². The molecular weight excluding hydrogens is 427 g/mol. The molecule has 162 valence electrons. The quantitative estimate of drug-likeness (QED) is 0.317. The van der Waals surface area contributed by atoms with Crippen molar-refractivity contribution in [2.45, 2.75) is 41.2 Å². The van der Waals surface area contributed by atoms with E-state index in [1.165, 1.54) is 6.33 Å². The highest BCUT2D eigenvalue weighted by atomic mass is 35.5. The number of phosphoric acid groups is 1. The Balaban J connectivity index is 2.18. The molecule has 0 fully saturated rings. The molecule has 0 aliphatic heterocycles. The van der Waals surface area contributed by atoms with Crippen molar-refractivity contribution < 1.29 is 18.1 Å². The van der Waals surface area contributed by atoms with Crippen molar-refractivity contribution in [3.05, 3.63) is 35.7 Å². The van der Waals surface area contributed by atoms with Crippen molar-refractivity contribution >= 4 is 30.6 Å². The number of rotatable bonds is 8. The van der Waals surface area contributed by atoms with E-state index in [2.05, 4.69) is 30.7 Å². The molecule has 10 heteroatoms. The zero-order valence-electron chi connectivity index (χ0n) is 17.8. The van der Waals surface area contributed by atoms with E-state index in [4.69, 9.17) is 30.2 Å². The lowest BCUT2D eigenvalue weighted by molar-refractivity contribution is 0.167. The number of hydrogen-bond donors (Lipinski definition) is 0. The first-order valence-corrected chi connectivity index (χ1v) is 11.6. The molecule has 0 bridgehead atoms. The van der Waals surface area contributed by atoms with Crippen molar-refractivity contribution in [3.63, 3.8) is 0 Å². The topological polar surface area (TPSA) is 88.4 Å². The summed E-state index contributed by atoms with van der Waals surface area (Å²) in [7, 11) is -3.78. The zero-order chi connectivity index (χ0) is 21.9. The van der Waals surface area contributed by atoms with Crippen LogP contribution in [0.3, 0.4) is 0 Å². The largest absolute Gasteiger partial charge is 0.530 e. The summed E-state index contributed by atoms with van der Waals surface area (Å²) in [5.74, 6) is 0.912. The van der Waals surface area contributed by atoms with Gasteiger partial charge in [0.05, 0.1) is 18.8 Å². The number of aromatic nitrogens is 4. The van der Waals surface area contributed by atoms with Crippen molar-refractivity contribution in [2.24, 2.45) is 5.41 Å². The molecule has 8 nitrogen and oxygen atoms in total. The summed E-state index contributed by atoms with van der Waals surface area (Å²) in [4.78, 5) is 13.1. The number of phosphoric ester groups is 1. The highest BCUT2D eigenvalue weighted by Crippen LogP contribution is 2.51. The van der Waals surface area contributed by atoms with Gasteiger partial charge in [-0.25, -0.2) is 19.5 Å². The summed E-state index contributed by atoms with van der Waals surface area (Å²) < 4.78 is 31.3. The lowest BCUT2D eigenvalue weighted by atomic mass is 9.96. The maximum absolute atomic E-state index is 13.0. The third kappa shape index (κ3) is 5.01. The molecule has 3 aromatic rings. The predicted molar refractivity (Wildman–Crippen MR) is 117 cm³/mol. The molecule has 30 heavy (non-hydrogen) atoms. The minimum atomic E-state index is -3.78. The molecule has 1 aromatic carbocycles. The summed E-state index contributed by atoms with van der Waals surface area (Å²) >= 11 is 6.29. The van der Waals surface area contributed by atoms with Crippen LogP contribution in [0.25, 0.3) is 22.6 Å². The molecule has 0 saturated heterocycles. The maximum Gasteiger partial charge on any atom is 0.530 e. The molecule has 0 aliphatic rings. The van der Waals surface area contributed by atoms with E-state index in [-0.39, 0.29) is 23.8 Å². The summed E-state index contributed by atoms with van der Waals surface area (Å²) in [6.07, 6.45) is 1.41. The molecule has 0 radical (unpaired) electrons. The first-order valence-electron chi connectivity index (χ1n) is 9.72. The first-order chi connectivity index (χ1) is 14.2. The van der Waals surface area contributed by atoms with Crippen LogP contribution in [0.2, 0.25) is 5.15 Å². The van der Waals surface area contributed by atoms with E-state index in [0.29, 0.717) is 34.8 Å². The minimum absolute atomic E-state index is 0.0679. The van der Waals surface area contributed by atoms with Crippen LogP contribution in [0.1, 0.15) is 34.6 Å². The van der Waals surface area contributed by atoms with Gasteiger partial charge in [-0.1, -0.05) is 44.5 Å². The fourth-order valence-corrected chi connectivity index (χ4v) is 4.38. The van der Waals surface area contributed by atoms with Gasteiger partial charge in [-0.05, 0) is 31.4 Å². The van der Waals surface area contributed by atoms with E-state index < -0.39 is 7.82 Å². The van der Waals surface area contributed by atoms with Crippen LogP contribution < -0.4 is 4.52 Å². The number of halogens is 1. The summed E-state index contributed by atoms with van der Waals surface area (Å²) in [5, 5.41) is 0.265. The molecule has 2 aromatic heterocycles. The standard InChI is InChI=1S/C20H26ClN4O4P/c1-6-27-30(26,28-7-2)29-15-11-9-8-10-14(15)18-24-16-17(21)22-13-23-19(16)25(18)12-20(3,4)5/h8-11,13H,6-7,12H2,1-5H3. The molecule has 0 aliphatic carbocycles. The lowest BCUT2D eigenvalue weighted by Crippen LogP contribution is -2.17. The average molecular weight is 453 g/mol. The molecule has 0 atom stereocenters. The SMILES string of the molecule is CCOP(=O)(OCC)Oc1ccccc1-c1nc2c(Cl)ncnc2n1CC(C)(C)C.